The van der Waals surface area contributed by atoms with E-state index in [4.69, 9.17) is 16.7 Å². The lowest BCUT2D eigenvalue weighted by molar-refractivity contribution is -0.137. The Labute approximate surface area is 121 Å². The van der Waals surface area contributed by atoms with Crippen LogP contribution in [-0.4, -0.2) is 35.0 Å². The van der Waals surface area contributed by atoms with Gasteiger partial charge in [0, 0.05) is 16.8 Å². The molecule has 2 amide bonds. The summed E-state index contributed by atoms with van der Waals surface area (Å²) in [5.41, 5.74) is 2.65. The third-order valence-electron chi connectivity index (χ3n) is 3.20. The molecule has 0 unspecified atom stereocenters. The van der Waals surface area contributed by atoms with Crippen molar-refractivity contribution in [1.29, 1.82) is 0 Å². The number of halogens is 1. The molecule has 5 nitrogen and oxygen atoms in total. The average molecular weight is 295 g/mol. The van der Waals surface area contributed by atoms with Crippen LogP contribution in [0.4, 0.5) is 5.69 Å². The fraction of sp³-hybridized carbons (Fsp3) is 0.286. The van der Waals surface area contributed by atoms with Crippen LogP contribution >= 0.6 is 11.6 Å². The van der Waals surface area contributed by atoms with Crippen molar-refractivity contribution in [1.82, 2.24) is 4.90 Å². The number of carbonyl (C=O) groups is 2. The molecule has 106 valence electrons. The monoisotopic (exact) mass is 294 g/mol. The van der Waals surface area contributed by atoms with Crippen LogP contribution in [-0.2, 0) is 9.59 Å². The second-order valence-corrected chi connectivity index (χ2v) is 4.97. The van der Waals surface area contributed by atoms with Gasteiger partial charge in [-0.2, -0.15) is 0 Å². The third-order valence-corrected chi connectivity index (χ3v) is 3.61. The Morgan fingerprint density at radius 3 is 2.65 bits per heavy atom. The first-order valence-corrected chi connectivity index (χ1v) is 6.54. The molecule has 0 fully saturated rings. The molecule has 0 aromatic heterocycles. The molecule has 6 heteroatoms. The topological polar surface area (TPSA) is 69.6 Å². The molecule has 20 heavy (non-hydrogen) atoms. The van der Waals surface area contributed by atoms with E-state index < -0.39 is 11.8 Å². The molecular weight excluding hydrogens is 280 g/mol. The molecule has 1 aromatic rings. The van der Waals surface area contributed by atoms with Gasteiger partial charge in [0.25, 0.3) is 11.8 Å². The van der Waals surface area contributed by atoms with Crippen LogP contribution in [0.3, 0.4) is 0 Å². The van der Waals surface area contributed by atoms with Gasteiger partial charge >= 0.3 is 0 Å². The second-order valence-electron chi connectivity index (χ2n) is 4.57. The number of aliphatic hydroxyl groups excluding tert-OH is 1. The molecule has 0 aliphatic carbocycles. The summed E-state index contributed by atoms with van der Waals surface area (Å²) in [6.07, 6.45) is 1.23. The molecular formula is C14H15ClN2O3. The van der Waals surface area contributed by atoms with E-state index in [0.717, 1.165) is 21.7 Å². The number of nitrogens with one attached hydrogen (secondary N) is 1. The zero-order chi connectivity index (χ0) is 14.9. The summed E-state index contributed by atoms with van der Waals surface area (Å²) in [6.45, 7) is 3.46. The Hall–Kier alpha value is -1.85. The van der Waals surface area contributed by atoms with Gasteiger partial charge in [-0.15, -0.1) is 0 Å². The summed E-state index contributed by atoms with van der Waals surface area (Å²) in [5, 5.41) is 12.4. The minimum atomic E-state index is -0.442. The van der Waals surface area contributed by atoms with E-state index in [1.165, 1.54) is 6.08 Å². The number of amides is 2. The number of hydrogen-bond donors (Lipinski definition) is 2. The minimum absolute atomic E-state index is 0.00709. The molecule has 2 N–H and O–H groups in total. The van der Waals surface area contributed by atoms with E-state index >= 15 is 0 Å². The van der Waals surface area contributed by atoms with Gasteiger partial charge in [-0.3, -0.25) is 14.5 Å². The van der Waals surface area contributed by atoms with Gasteiger partial charge < -0.3 is 10.4 Å². The van der Waals surface area contributed by atoms with Gasteiger partial charge in [0.05, 0.1) is 13.2 Å². The molecule has 0 bridgehead atoms. The van der Waals surface area contributed by atoms with Crippen LogP contribution in [0, 0.1) is 13.8 Å². The number of aryl methyl sites for hydroxylation is 1. The summed E-state index contributed by atoms with van der Waals surface area (Å²) in [4.78, 5) is 24.7. The number of carbonyl (C=O) groups excluding carboxylic acids is 2. The lowest BCUT2D eigenvalue weighted by atomic mass is 10.1. The smallest absolute Gasteiger partial charge is 0.277 e. The fourth-order valence-corrected chi connectivity index (χ4v) is 2.22. The van der Waals surface area contributed by atoms with Crippen molar-refractivity contribution in [3.63, 3.8) is 0 Å². The summed E-state index contributed by atoms with van der Waals surface area (Å²) in [5.74, 6) is -0.869. The molecule has 1 aromatic carbocycles. The molecule has 0 saturated heterocycles. The van der Waals surface area contributed by atoms with Gasteiger partial charge in [-0.05, 0) is 31.0 Å². The summed E-state index contributed by atoms with van der Waals surface area (Å²) < 4.78 is 0. The van der Waals surface area contributed by atoms with Crippen LogP contribution in [0.2, 0.25) is 5.02 Å². The van der Waals surface area contributed by atoms with E-state index in [-0.39, 0.29) is 18.8 Å². The first-order chi connectivity index (χ1) is 9.45. The van der Waals surface area contributed by atoms with Gasteiger partial charge in [0.15, 0.2) is 0 Å². The molecule has 0 spiro atoms. The van der Waals surface area contributed by atoms with E-state index in [1.807, 2.05) is 19.9 Å². The Kier molecular flexibility index (Phi) is 4.11. The lowest BCUT2D eigenvalue weighted by Gasteiger charge is -2.16. The molecule has 2 rings (SSSR count). The summed E-state index contributed by atoms with van der Waals surface area (Å²) >= 11 is 6.06. The van der Waals surface area contributed by atoms with Crippen molar-refractivity contribution in [3.05, 3.63) is 40.1 Å². The Bertz CT molecular complexity index is 611. The van der Waals surface area contributed by atoms with Crippen molar-refractivity contribution in [2.45, 2.75) is 13.8 Å². The number of β-amino-alcohol motifs (C(OH)–C–C–N with tert-alkyl or cyclic N) is 1. The fourth-order valence-electron chi connectivity index (χ4n) is 2.06. The minimum Gasteiger partial charge on any atom is -0.395 e. The van der Waals surface area contributed by atoms with Crippen molar-refractivity contribution < 1.29 is 14.7 Å². The first-order valence-electron chi connectivity index (χ1n) is 6.16. The van der Waals surface area contributed by atoms with Crippen molar-refractivity contribution in [3.8, 4) is 0 Å². The molecule has 1 heterocycles. The number of benzene rings is 1. The van der Waals surface area contributed by atoms with Gasteiger partial charge in [-0.25, -0.2) is 0 Å². The van der Waals surface area contributed by atoms with E-state index in [9.17, 15) is 9.59 Å². The van der Waals surface area contributed by atoms with Crippen molar-refractivity contribution in [2.24, 2.45) is 0 Å². The van der Waals surface area contributed by atoms with E-state index in [0.29, 0.717) is 5.02 Å². The highest BCUT2D eigenvalue weighted by Crippen LogP contribution is 2.29. The molecule has 1 aliphatic rings. The zero-order valence-electron chi connectivity index (χ0n) is 11.2. The number of rotatable bonds is 4. The van der Waals surface area contributed by atoms with Crippen LogP contribution in [0.15, 0.2) is 23.9 Å². The Morgan fingerprint density at radius 2 is 2.00 bits per heavy atom. The number of aliphatic hydroxyl groups is 1. The average Bonchev–Trinajstić information content (AvgIpc) is 2.67. The highest BCUT2D eigenvalue weighted by atomic mass is 35.5. The Balaban J connectivity index is 2.28. The van der Waals surface area contributed by atoms with Crippen LogP contribution in [0.5, 0.6) is 0 Å². The second kappa shape index (κ2) is 5.64. The van der Waals surface area contributed by atoms with Gasteiger partial charge in [-0.1, -0.05) is 17.7 Å². The zero-order valence-corrected chi connectivity index (χ0v) is 12.0. The number of imide groups is 1. The maximum atomic E-state index is 12.0. The number of nitrogens with zero attached hydrogens (tertiary/aromatic N) is 1. The molecule has 0 radical (unpaired) electrons. The maximum absolute atomic E-state index is 12.0. The molecule has 0 saturated carbocycles. The van der Waals surface area contributed by atoms with Crippen LogP contribution < -0.4 is 5.32 Å². The highest BCUT2D eigenvalue weighted by Gasteiger charge is 2.31. The molecule has 0 atom stereocenters. The van der Waals surface area contributed by atoms with Crippen molar-refractivity contribution in [2.75, 3.05) is 18.5 Å². The Morgan fingerprint density at radius 1 is 1.30 bits per heavy atom. The standard InChI is InChI=1S/C14H15ClN2O3/c1-8-3-4-10(15)9(2)13(8)16-11-7-12(19)17(5-6-18)14(11)20/h3-4,7,16,18H,5-6H2,1-2H3. The van der Waals surface area contributed by atoms with Gasteiger partial charge in [0.2, 0.25) is 0 Å². The SMILES string of the molecule is Cc1ccc(Cl)c(C)c1NC1=CC(=O)N(CCO)C1=O. The normalized spacial score (nSPS) is 14.8. The van der Waals surface area contributed by atoms with Crippen LogP contribution in [0.25, 0.3) is 0 Å². The summed E-state index contributed by atoms with van der Waals surface area (Å²) in [6, 6.07) is 3.62. The van der Waals surface area contributed by atoms with Crippen LogP contribution in [0.1, 0.15) is 11.1 Å². The predicted octanol–water partition coefficient (Wildman–Crippen LogP) is 1.61. The largest absolute Gasteiger partial charge is 0.395 e. The van der Waals surface area contributed by atoms with Crippen molar-refractivity contribution >= 4 is 29.1 Å². The van der Waals surface area contributed by atoms with E-state index in [2.05, 4.69) is 5.32 Å². The quantitative estimate of drug-likeness (QED) is 0.828. The maximum Gasteiger partial charge on any atom is 0.277 e. The molecule has 1 aliphatic heterocycles. The van der Waals surface area contributed by atoms with E-state index in [1.54, 1.807) is 6.07 Å². The first kappa shape index (κ1) is 14.6. The number of anilines is 1. The van der Waals surface area contributed by atoms with Gasteiger partial charge in [0.1, 0.15) is 5.70 Å². The number of hydrogen-bond acceptors (Lipinski definition) is 4. The third kappa shape index (κ3) is 2.55. The predicted molar refractivity (Wildman–Crippen MR) is 76.4 cm³/mol. The summed E-state index contributed by atoms with van der Waals surface area (Å²) in [7, 11) is 0. The lowest BCUT2D eigenvalue weighted by Crippen LogP contribution is -2.34. The highest BCUT2D eigenvalue weighted by molar-refractivity contribution is 6.31.